The van der Waals surface area contributed by atoms with Gasteiger partial charge in [-0.3, -0.25) is 0 Å². The van der Waals surface area contributed by atoms with E-state index in [2.05, 4.69) is 5.32 Å². The predicted octanol–water partition coefficient (Wildman–Crippen LogP) is 1.97. The lowest BCUT2D eigenvalue weighted by Crippen LogP contribution is -2.34. The zero-order chi connectivity index (χ0) is 16.7. The molecule has 0 aliphatic rings. The molecule has 0 radical (unpaired) electrons. The molecular formula is C18H23NO3S. The van der Waals surface area contributed by atoms with Crippen molar-refractivity contribution in [2.75, 3.05) is 18.6 Å². The normalized spacial score (nSPS) is 14.3. The molecule has 5 heteroatoms. The average Bonchev–Trinajstić information content (AvgIpc) is 2.52. The van der Waals surface area contributed by atoms with Gasteiger partial charge >= 0.3 is 0 Å². The molecule has 2 aromatic carbocycles. The third kappa shape index (κ3) is 6.52. The first-order valence-electron chi connectivity index (χ1n) is 7.62. The second kappa shape index (κ2) is 8.24. The zero-order valence-electron chi connectivity index (χ0n) is 13.2. The largest absolute Gasteiger partial charge is 0.391 e. The van der Waals surface area contributed by atoms with Gasteiger partial charge in [-0.15, -0.1) is 0 Å². The number of nitrogens with one attached hydrogen (secondary N) is 1. The minimum atomic E-state index is -3.12. The number of aliphatic hydroxyl groups excluding tert-OH is 1. The van der Waals surface area contributed by atoms with Gasteiger partial charge in [0.2, 0.25) is 0 Å². The van der Waals surface area contributed by atoms with Crippen LogP contribution in [-0.4, -0.2) is 38.2 Å². The number of rotatable bonds is 8. The van der Waals surface area contributed by atoms with Crippen LogP contribution in [0, 0.1) is 0 Å². The van der Waals surface area contributed by atoms with Crippen LogP contribution in [0.1, 0.15) is 17.2 Å². The fourth-order valence-electron chi connectivity index (χ4n) is 2.50. The van der Waals surface area contributed by atoms with E-state index in [-0.39, 0.29) is 11.8 Å². The lowest BCUT2D eigenvalue weighted by Gasteiger charge is -2.20. The average molecular weight is 333 g/mol. The van der Waals surface area contributed by atoms with Crippen LogP contribution in [0.4, 0.5) is 0 Å². The quantitative estimate of drug-likeness (QED) is 0.775. The molecule has 0 aliphatic carbocycles. The number of hydrogen-bond acceptors (Lipinski definition) is 4. The molecule has 4 nitrogen and oxygen atoms in total. The lowest BCUT2D eigenvalue weighted by molar-refractivity contribution is 0.168. The van der Waals surface area contributed by atoms with Crippen molar-refractivity contribution in [3.8, 4) is 0 Å². The second-order valence-electron chi connectivity index (χ2n) is 5.81. The highest BCUT2D eigenvalue weighted by atomic mass is 32.2. The summed E-state index contributed by atoms with van der Waals surface area (Å²) in [6.45, 7) is 0.337. The van der Waals surface area contributed by atoms with Gasteiger partial charge in [-0.2, -0.15) is 0 Å². The molecule has 0 saturated carbocycles. The summed E-state index contributed by atoms with van der Waals surface area (Å²) in [6, 6.07) is 18.9. The van der Waals surface area contributed by atoms with Gasteiger partial charge in [0.15, 0.2) is 0 Å². The number of sulfone groups is 1. The predicted molar refractivity (Wildman–Crippen MR) is 93.0 cm³/mol. The molecule has 0 aromatic heterocycles. The summed E-state index contributed by atoms with van der Waals surface area (Å²) in [7, 11) is -3.12. The maximum Gasteiger partial charge on any atom is 0.149 e. The van der Waals surface area contributed by atoms with E-state index >= 15 is 0 Å². The van der Waals surface area contributed by atoms with Crippen molar-refractivity contribution in [1.82, 2.24) is 5.32 Å². The van der Waals surface area contributed by atoms with E-state index in [1.54, 1.807) is 0 Å². The van der Waals surface area contributed by atoms with Gasteiger partial charge in [-0.1, -0.05) is 60.7 Å². The summed E-state index contributed by atoms with van der Waals surface area (Å²) < 4.78 is 23.3. The summed E-state index contributed by atoms with van der Waals surface area (Å²) in [6.07, 6.45) is 1.20. The van der Waals surface area contributed by atoms with Crippen molar-refractivity contribution in [1.29, 1.82) is 0 Å². The molecule has 0 heterocycles. The Labute approximate surface area is 138 Å². The van der Waals surface area contributed by atoms with Crippen LogP contribution in [0.5, 0.6) is 0 Å². The summed E-state index contributed by atoms with van der Waals surface area (Å²) in [5.74, 6) is 0.00900. The van der Waals surface area contributed by atoms with Crippen molar-refractivity contribution in [3.05, 3.63) is 71.8 Å². The van der Waals surface area contributed by atoms with Gasteiger partial charge in [-0.25, -0.2) is 8.42 Å². The minimum absolute atomic E-state index is 0.00900. The van der Waals surface area contributed by atoms with Gasteiger partial charge in [0, 0.05) is 18.8 Å². The molecule has 2 unspecified atom stereocenters. The minimum Gasteiger partial charge on any atom is -0.391 e. The van der Waals surface area contributed by atoms with Crippen molar-refractivity contribution in [3.63, 3.8) is 0 Å². The highest BCUT2D eigenvalue weighted by Crippen LogP contribution is 2.15. The van der Waals surface area contributed by atoms with E-state index in [0.29, 0.717) is 13.0 Å². The molecular weight excluding hydrogens is 310 g/mol. The molecule has 2 aromatic rings. The Morgan fingerprint density at radius 3 is 2.13 bits per heavy atom. The molecule has 0 saturated heterocycles. The van der Waals surface area contributed by atoms with Crippen LogP contribution in [0.25, 0.3) is 0 Å². The van der Waals surface area contributed by atoms with E-state index in [1.807, 2.05) is 60.7 Å². The third-order valence-corrected chi connectivity index (χ3v) is 4.52. The first kappa shape index (κ1) is 17.7. The Balaban J connectivity index is 1.98. The monoisotopic (exact) mass is 333 g/mol. The molecule has 2 N–H and O–H groups in total. The van der Waals surface area contributed by atoms with Crippen LogP contribution in [0.3, 0.4) is 0 Å². The number of aliphatic hydroxyl groups is 1. The van der Waals surface area contributed by atoms with E-state index in [9.17, 15) is 13.5 Å². The summed E-state index contributed by atoms with van der Waals surface area (Å²) in [4.78, 5) is 0. The van der Waals surface area contributed by atoms with Gasteiger partial charge in [0.25, 0.3) is 0 Å². The molecule has 0 amide bonds. The highest BCUT2D eigenvalue weighted by Gasteiger charge is 2.18. The molecule has 2 atom stereocenters. The van der Waals surface area contributed by atoms with Crippen molar-refractivity contribution < 1.29 is 13.5 Å². The molecule has 0 fully saturated rings. The topological polar surface area (TPSA) is 66.4 Å². The zero-order valence-corrected chi connectivity index (χ0v) is 14.0. The molecule has 2 rings (SSSR count). The Bertz CT molecular complexity index is 687. The van der Waals surface area contributed by atoms with Gasteiger partial charge in [0.1, 0.15) is 9.84 Å². The Morgan fingerprint density at radius 1 is 1.00 bits per heavy atom. The fraction of sp³-hybridized carbons (Fsp3) is 0.333. The lowest BCUT2D eigenvalue weighted by atomic mass is 10.1. The van der Waals surface area contributed by atoms with Gasteiger partial charge in [-0.05, 0) is 17.5 Å². The molecule has 0 spiro atoms. The summed E-state index contributed by atoms with van der Waals surface area (Å²) in [5.41, 5.74) is 1.96. The summed E-state index contributed by atoms with van der Waals surface area (Å²) >= 11 is 0. The SMILES string of the molecule is CS(=O)(=O)CC(NCC(O)Cc1ccccc1)c1ccccc1. The molecule has 0 aliphatic heterocycles. The van der Waals surface area contributed by atoms with E-state index in [0.717, 1.165) is 11.1 Å². The Morgan fingerprint density at radius 2 is 1.57 bits per heavy atom. The van der Waals surface area contributed by atoms with Crippen LogP contribution < -0.4 is 5.32 Å². The van der Waals surface area contributed by atoms with E-state index in [1.165, 1.54) is 6.26 Å². The maximum atomic E-state index is 11.6. The van der Waals surface area contributed by atoms with E-state index < -0.39 is 15.9 Å². The maximum absolute atomic E-state index is 11.6. The van der Waals surface area contributed by atoms with Crippen LogP contribution >= 0.6 is 0 Å². The smallest absolute Gasteiger partial charge is 0.149 e. The van der Waals surface area contributed by atoms with Crippen LogP contribution in [-0.2, 0) is 16.3 Å². The standard InChI is InChI=1S/C18H23NO3S/c1-23(21,22)14-18(16-10-6-3-7-11-16)19-13-17(20)12-15-8-4-2-5-9-15/h2-11,17-20H,12-14H2,1H3. The van der Waals surface area contributed by atoms with E-state index in [4.69, 9.17) is 0 Å². The molecule has 0 bridgehead atoms. The Kier molecular flexibility index (Phi) is 6.33. The van der Waals surface area contributed by atoms with Gasteiger partial charge in [0.05, 0.1) is 11.9 Å². The summed E-state index contributed by atoms with van der Waals surface area (Å²) in [5, 5.41) is 13.4. The second-order valence-corrected chi connectivity index (χ2v) is 7.99. The number of benzene rings is 2. The fourth-order valence-corrected chi connectivity index (χ4v) is 3.41. The third-order valence-electron chi connectivity index (χ3n) is 3.59. The van der Waals surface area contributed by atoms with Crippen LogP contribution in [0.15, 0.2) is 60.7 Å². The number of hydrogen-bond donors (Lipinski definition) is 2. The van der Waals surface area contributed by atoms with Gasteiger partial charge < -0.3 is 10.4 Å². The van der Waals surface area contributed by atoms with Crippen molar-refractivity contribution >= 4 is 9.84 Å². The van der Waals surface area contributed by atoms with Crippen molar-refractivity contribution in [2.24, 2.45) is 0 Å². The first-order valence-corrected chi connectivity index (χ1v) is 9.68. The van der Waals surface area contributed by atoms with Crippen molar-refractivity contribution in [2.45, 2.75) is 18.6 Å². The highest BCUT2D eigenvalue weighted by molar-refractivity contribution is 7.90. The first-order chi connectivity index (χ1) is 10.9. The molecule has 23 heavy (non-hydrogen) atoms. The molecule has 124 valence electrons. The Hall–Kier alpha value is -1.69. The van der Waals surface area contributed by atoms with Crippen LogP contribution in [0.2, 0.25) is 0 Å².